The lowest BCUT2D eigenvalue weighted by Gasteiger charge is -2.15. The second-order valence-electron chi connectivity index (χ2n) is 5.10. The van der Waals surface area contributed by atoms with Crippen LogP contribution in [0.5, 0.6) is 0 Å². The summed E-state index contributed by atoms with van der Waals surface area (Å²) in [7, 11) is 0. The number of carbonyl (C=O) groups excluding carboxylic acids is 1. The Kier molecular flexibility index (Phi) is 3.07. The molecule has 1 aliphatic carbocycles. The molecule has 1 saturated carbocycles. The van der Waals surface area contributed by atoms with Crippen molar-refractivity contribution >= 4 is 5.91 Å². The number of nitrogens with one attached hydrogen (secondary N) is 2. The van der Waals surface area contributed by atoms with Crippen LogP contribution in [0.2, 0.25) is 0 Å². The van der Waals surface area contributed by atoms with Crippen molar-refractivity contribution < 1.29 is 4.79 Å². The molecule has 0 spiro atoms. The third-order valence-corrected chi connectivity index (χ3v) is 3.63. The first-order valence-electron chi connectivity index (χ1n) is 6.85. The minimum Gasteiger partial charge on any atom is -0.355 e. The average molecular weight is 248 g/mol. The molecule has 0 aromatic carbocycles. The Morgan fingerprint density at radius 1 is 1.56 bits per heavy atom. The molecule has 0 bridgehead atoms. The van der Waals surface area contributed by atoms with E-state index in [1.807, 2.05) is 6.92 Å². The fourth-order valence-corrected chi connectivity index (χ4v) is 2.62. The topological polar surface area (TPSA) is 59.0 Å². The molecule has 2 heterocycles. The van der Waals surface area contributed by atoms with Crippen molar-refractivity contribution in [2.24, 2.45) is 0 Å². The van der Waals surface area contributed by atoms with Crippen LogP contribution in [0, 0.1) is 0 Å². The van der Waals surface area contributed by atoms with E-state index in [4.69, 9.17) is 4.98 Å². The van der Waals surface area contributed by atoms with Crippen LogP contribution in [0.15, 0.2) is 0 Å². The molecule has 3 rings (SSSR count). The van der Waals surface area contributed by atoms with Gasteiger partial charge in [0.25, 0.3) is 0 Å². The summed E-state index contributed by atoms with van der Waals surface area (Å²) in [5, 5.41) is 6.22. The van der Waals surface area contributed by atoms with Crippen LogP contribution in [0.4, 0.5) is 0 Å². The number of aromatic nitrogens is 2. The standard InChI is InChI=1S/C13H20N4O/c1-2-15-12(18)8-17-11-5-6-14-7-10(11)16-13(17)9-3-4-9/h9,14H,2-8H2,1H3,(H,15,18). The number of carbonyl (C=O) groups is 1. The number of hydrogen-bond acceptors (Lipinski definition) is 3. The predicted molar refractivity (Wildman–Crippen MR) is 68.3 cm³/mol. The quantitative estimate of drug-likeness (QED) is 0.817. The first-order chi connectivity index (χ1) is 8.79. The highest BCUT2D eigenvalue weighted by Crippen LogP contribution is 2.40. The lowest BCUT2D eigenvalue weighted by molar-refractivity contribution is -0.121. The largest absolute Gasteiger partial charge is 0.355 e. The summed E-state index contributed by atoms with van der Waals surface area (Å²) >= 11 is 0. The van der Waals surface area contributed by atoms with Crippen molar-refractivity contribution in [3.05, 3.63) is 17.2 Å². The smallest absolute Gasteiger partial charge is 0.239 e. The Hall–Kier alpha value is -1.36. The molecule has 1 aliphatic heterocycles. The first kappa shape index (κ1) is 11.7. The molecule has 1 fully saturated rings. The summed E-state index contributed by atoms with van der Waals surface area (Å²) in [6.07, 6.45) is 3.42. The van der Waals surface area contributed by atoms with Gasteiger partial charge >= 0.3 is 0 Å². The number of hydrogen-bond donors (Lipinski definition) is 2. The molecule has 1 amide bonds. The van der Waals surface area contributed by atoms with Gasteiger partial charge in [-0.1, -0.05) is 0 Å². The molecule has 5 nitrogen and oxygen atoms in total. The van der Waals surface area contributed by atoms with Crippen molar-refractivity contribution in [3.8, 4) is 0 Å². The van der Waals surface area contributed by atoms with Gasteiger partial charge in [-0.15, -0.1) is 0 Å². The summed E-state index contributed by atoms with van der Waals surface area (Å²) in [4.78, 5) is 16.6. The first-order valence-corrected chi connectivity index (χ1v) is 6.85. The van der Waals surface area contributed by atoms with E-state index in [-0.39, 0.29) is 5.91 Å². The summed E-state index contributed by atoms with van der Waals surface area (Å²) in [5.74, 6) is 1.82. The molecule has 0 saturated heterocycles. The highest BCUT2D eigenvalue weighted by atomic mass is 16.1. The van der Waals surface area contributed by atoms with Crippen LogP contribution < -0.4 is 10.6 Å². The highest BCUT2D eigenvalue weighted by molar-refractivity contribution is 5.75. The maximum Gasteiger partial charge on any atom is 0.239 e. The van der Waals surface area contributed by atoms with E-state index in [0.717, 1.165) is 31.0 Å². The molecule has 1 aromatic rings. The van der Waals surface area contributed by atoms with Gasteiger partial charge in [0.1, 0.15) is 12.4 Å². The fourth-order valence-electron chi connectivity index (χ4n) is 2.62. The second kappa shape index (κ2) is 4.72. The van der Waals surface area contributed by atoms with Crippen LogP contribution in [-0.4, -0.2) is 28.5 Å². The van der Waals surface area contributed by atoms with Gasteiger partial charge in [0.2, 0.25) is 5.91 Å². The molecule has 98 valence electrons. The summed E-state index contributed by atoms with van der Waals surface area (Å²) in [6.45, 7) is 4.90. The minimum absolute atomic E-state index is 0.0955. The predicted octanol–water partition coefficient (Wildman–Crippen LogP) is 0.542. The maximum atomic E-state index is 11.8. The maximum absolute atomic E-state index is 11.8. The van der Waals surface area contributed by atoms with Crippen LogP contribution in [0.25, 0.3) is 0 Å². The number of rotatable bonds is 4. The Balaban J connectivity index is 1.89. The SMILES string of the molecule is CCNC(=O)Cn1c(C2CC2)nc2c1CCNC2. The van der Waals surface area contributed by atoms with Gasteiger partial charge in [0.15, 0.2) is 0 Å². The lowest BCUT2D eigenvalue weighted by Crippen LogP contribution is -2.30. The molecule has 2 N–H and O–H groups in total. The van der Waals surface area contributed by atoms with E-state index in [9.17, 15) is 4.79 Å². The Morgan fingerprint density at radius 2 is 2.39 bits per heavy atom. The zero-order valence-electron chi connectivity index (χ0n) is 10.8. The molecule has 5 heteroatoms. The normalized spacial score (nSPS) is 18.5. The average Bonchev–Trinajstić information content (AvgIpc) is 3.14. The molecular formula is C13H20N4O. The monoisotopic (exact) mass is 248 g/mol. The zero-order valence-corrected chi connectivity index (χ0v) is 10.8. The van der Waals surface area contributed by atoms with Crippen molar-refractivity contribution in [2.75, 3.05) is 13.1 Å². The zero-order chi connectivity index (χ0) is 12.5. The van der Waals surface area contributed by atoms with E-state index >= 15 is 0 Å². The van der Waals surface area contributed by atoms with Gasteiger partial charge in [-0.3, -0.25) is 4.79 Å². The van der Waals surface area contributed by atoms with Crippen LogP contribution in [0.1, 0.15) is 42.9 Å². The Bertz CT molecular complexity index is 462. The van der Waals surface area contributed by atoms with Gasteiger partial charge in [-0.2, -0.15) is 0 Å². The van der Waals surface area contributed by atoms with Gasteiger partial charge in [-0.25, -0.2) is 4.98 Å². The number of likely N-dealkylation sites (N-methyl/N-ethyl adjacent to an activating group) is 1. The number of fused-ring (bicyclic) bond motifs is 1. The fraction of sp³-hybridized carbons (Fsp3) is 0.692. The summed E-state index contributed by atoms with van der Waals surface area (Å²) in [5.41, 5.74) is 2.41. The molecular weight excluding hydrogens is 228 g/mol. The summed E-state index contributed by atoms with van der Waals surface area (Å²) in [6, 6.07) is 0. The van der Waals surface area contributed by atoms with Crippen molar-refractivity contribution in [2.45, 2.75) is 45.2 Å². The van der Waals surface area contributed by atoms with Crippen LogP contribution in [0.3, 0.4) is 0 Å². The van der Waals surface area contributed by atoms with E-state index < -0.39 is 0 Å². The van der Waals surface area contributed by atoms with Gasteiger partial charge in [-0.05, 0) is 19.8 Å². The van der Waals surface area contributed by atoms with Crippen LogP contribution in [-0.2, 0) is 24.3 Å². The molecule has 18 heavy (non-hydrogen) atoms. The number of amides is 1. The second-order valence-corrected chi connectivity index (χ2v) is 5.10. The Morgan fingerprint density at radius 3 is 3.11 bits per heavy atom. The van der Waals surface area contributed by atoms with E-state index in [1.165, 1.54) is 18.5 Å². The van der Waals surface area contributed by atoms with Crippen molar-refractivity contribution in [1.29, 1.82) is 0 Å². The van der Waals surface area contributed by atoms with Gasteiger partial charge in [0, 0.05) is 37.7 Å². The number of imidazole rings is 1. The van der Waals surface area contributed by atoms with E-state index in [2.05, 4.69) is 15.2 Å². The van der Waals surface area contributed by atoms with Gasteiger partial charge < -0.3 is 15.2 Å². The molecule has 0 unspecified atom stereocenters. The lowest BCUT2D eigenvalue weighted by atomic mass is 10.2. The van der Waals surface area contributed by atoms with Crippen LogP contribution >= 0.6 is 0 Å². The third kappa shape index (κ3) is 2.14. The summed E-state index contributed by atoms with van der Waals surface area (Å²) < 4.78 is 2.17. The third-order valence-electron chi connectivity index (χ3n) is 3.63. The number of nitrogens with zero attached hydrogens (tertiary/aromatic N) is 2. The van der Waals surface area contributed by atoms with E-state index in [0.29, 0.717) is 19.0 Å². The highest BCUT2D eigenvalue weighted by Gasteiger charge is 2.32. The van der Waals surface area contributed by atoms with Gasteiger partial charge in [0.05, 0.1) is 5.69 Å². The molecule has 0 atom stereocenters. The van der Waals surface area contributed by atoms with Crippen molar-refractivity contribution in [3.63, 3.8) is 0 Å². The van der Waals surface area contributed by atoms with Crippen molar-refractivity contribution in [1.82, 2.24) is 20.2 Å². The van der Waals surface area contributed by atoms with E-state index in [1.54, 1.807) is 0 Å². The molecule has 2 aliphatic rings. The molecule has 0 radical (unpaired) electrons. The molecule has 1 aromatic heterocycles. The minimum atomic E-state index is 0.0955. The Labute approximate surface area is 107 Å².